The van der Waals surface area contributed by atoms with Crippen LogP contribution < -0.4 is 10.6 Å². The summed E-state index contributed by atoms with van der Waals surface area (Å²) in [6, 6.07) is 14.7. The van der Waals surface area contributed by atoms with Crippen molar-refractivity contribution in [2.24, 2.45) is 0 Å². The summed E-state index contributed by atoms with van der Waals surface area (Å²) >= 11 is 1.90. The Hall–Kier alpha value is -2.45. The van der Waals surface area contributed by atoms with Crippen molar-refractivity contribution in [3.8, 4) is 6.07 Å². The number of carbonyl (C=O) groups is 1. The topological polar surface area (TPSA) is 64.9 Å². The lowest BCUT2D eigenvalue weighted by atomic mass is 9.77. The number of nitrogens with one attached hydrogen (secondary N) is 2. The summed E-state index contributed by atoms with van der Waals surface area (Å²) < 4.78 is 0.207. The summed E-state index contributed by atoms with van der Waals surface area (Å²) in [6.45, 7) is 9.07. The molecule has 1 aliphatic rings. The van der Waals surface area contributed by atoms with Crippen LogP contribution in [0.15, 0.2) is 47.4 Å². The Morgan fingerprint density at radius 1 is 1.04 bits per heavy atom. The van der Waals surface area contributed by atoms with Crippen molar-refractivity contribution >= 4 is 29.2 Å². The van der Waals surface area contributed by atoms with E-state index >= 15 is 0 Å². The Morgan fingerprint density at radius 2 is 1.65 bits per heavy atom. The van der Waals surface area contributed by atoms with Crippen molar-refractivity contribution in [1.82, 2.24) is 0 Å². The van der Waals surface area contributed by atoms with Gasteiger partial charge in [0.2, 0.25) is 0 Å². The fourth-order valence-corrected chi connectivity index (χ4v) is 5.25. The van der Waals surface area contributed by atoms with Crippen LogP contribution in [0.1, 0.15) is 45.2 Å². The van der Waals surface area contributed by atoms with Gasteiger partial charge in [0, 0.05) is 21.0 Å². The van der Waals surface area contributed by atoms with Gasteiger partial charge in [-0.25, -0.2) is 4.79 Å². The number of carbonyl (C=O) groups excluding carboxylic acids is 1. The number of amides is 2. The molecule has 2 aromatic carbocycles. The molecule has 0 atom stereocenters. The molecule has 0 radical (unpaired) electrons. The molecule has 0 saturated carbocycles. The van der Waals surface area contributed by atoms with Crippen molar-refractivity contribution < 1.29 is 4.79 Å². The minimum Gasteiger partial charge on any atom is -0.308 e. The molecule has 0 saturated heterocycles. The molecular weight excluding hydrogens is 342 g/mol. The largest absolute Gasteiger partial charge is 0.323 e. The van der Waals surface area contributed by atoms with Gasteiger partial charge < -0.3 is 10.6 Å². The van der Waals surface area contributed by atoms with Crippen LogP contribution in [0.5, 0.6) is 0 Å². The number of urea groups is 1. The lowest BCUT2D eigenvalue weighted by Crippen LogP contribution is -2.33. The fourth-order valence-electron chi connectivity index (χ4n) is 3.64. The van der Waals surface area contributed by atoms with E-state index in [0.29, 0.717) is 11.3 Å². The normalized spacial score (nSPS) is 16.9. The van der Waals surface area contributed by atoms with Crippen LogP contribution in [0.25, 0.3) is 0 Å². The van der Waals surface area contributed by atoms with Crippen molar-refractivity contribution in [2.75, 3.05) is 10.6 Å². The van der Waals surface area contributed by atoms with E-state index in [2.05, 4.69) is 56.5 Å². The lowest BCUT2D eigenvalue weighted by Gasteiger charge is -2.41. The third-order valence-electron chi connectivity index (χ3n) is 4.49. The average Bonchev–Trinajstić information content (AvgIpc) is 2.54. The molecule has 2 amide bonds. The predicted molar refractivity (Wildman–Crippen MR) is 108 cm³/mol. The van der Waals surface area contributed by atoms with Crippen molar-refractivity contribution in [1.29, 1.82) is 5.26 Å². The minimum absolute atomic E-state index is 0.0609. The first-order valence-corrected chi connectivity index (χ1v) is 9.42. The molecule has 26 heavy (non-hydrogen) atoms. The summed E-state index contributed by atoms with van der Waals surface area (Å²) in [5.41, 5.74) is 3.33. The van der Waals surface area contributed by atoms with E-state index in [4.69, 9.17) is 5.26 Å². The van der Waals surface area contributed by atoms with Crippen molar-refractivity contribution in [3.63, 3.8) is 0 Å². The van der Waals surface area contributed by atoms with Gasteiger partial charge in [-0.3, -0.25) is 0 Å². The molecule has 0 aromatic heterocycles. The van der Waals surface area contributed by atoms with Crippen LogP contribution in [-0.2, 0) is 5.41 Å². The highest BCUT2D eigenvalue weighted by atomic mass is 32.2. The predicted octanol–water partition coefficient (Wildman–Crippen LogP) is 5.75. The number of hydrogen-bond donors (Lipinski definition) is 2. The van der Waals surface area contributed by atoms with Crippen molar-refractivity contribution in [2.45, 2.75) is 49.2 Å². The Bertz CT molecular complexity index is 879. The van der Waals surface area contributed by atoms with Crippen LogP contribution >= 0.6 is 11.8 Å². The highest BCUT2D eigenvalue weighted by Crippen LogP contribution is 2.51. The van der Waals surface area contributed by atoms with Crippen LogP contribution in [0.2, 0.25) is 0 Å². The third kappa shape index (κ3) is 4.03. The molecule has 3 rings (SSSR count). The van der Waals surface area contributed by atoms with E-state index in [0.717, 1.165) is 12.1 Å². The number of rotatable bonds is 2. The van der Waals surface area contributed by atoms with E-state index in [1.54, 1.807) is 24.3 Å². The SMILES string of the molecule is CC1(C)CC(C)(C)c2cc(NC(=O)Nc3ccc(C#N)cc3)ccc2S1. The van der Waals surface area contributed by atoms with Gasteiger partial charge in [-0.05, 0) is 59.9 Å². The molecule has 0 fully saturated rings. The van der Waals surface area contributed by atoms with Gasteiger partial charge in [0.15, 0.2) is 0 Å². The third-order valence-corrected chi connectivity index (χ3v) is 5.77. The van der Waals surface area contributed by atoms with Crippen molar-refractivity contribution in [3.05, 3.63) is 53.6 Å². The van der Waals surface area contributed by atoms with Gasteiger partial charge in [0.05, 0.1) is 11.6 Å². The van der Waals surface area contributed by atoms with E-state index in [1.807, 2.05) is 17.8 Å². The minimum atomic E-state index is -0.295. The summed E-state index contributed by atoms with van der Waals surface area (Å²) in [5.74, 6) is 0. The van der Waals surface area contributed by atoms with E-state index in [-0.39, 0.29) is 16.2 Å². The molecule has 5 heteroatoms. The summed E-state index contributed by atoms with van der Waals surface area (Å²) in [5, 5.41) is 14.5. The summed E-state index contributed by atoms with van der Waals surface area (Å²) in [4.78, 5) is 13.6. The first-order chi connectivity index (χ1) is 12.2. The van der Waals surface area contributed by atoms with Crippen LogP contribution in [0, 0.1) is 11.3 Å². The molecule has 2 N–H and O–H groups in total. The number of fused-ring (bicyclic) bond motifs is 1. The van der Waals surface area contributed by atoms with Crippen LogP contribution in [0.3, 0.4) is 0 Å². The smallest absolute Gasteiger partial charge is 0.308 e. The highest BCUT2D eigenvalue weighted by Gasteiger charge is 2.38. The van der Waals surface area contributed by atoms with E-state index in [1.165, 1.54) is 10.5 Å². The number of hydrogen-bond acceptors (Lipinski definition) is 3. The van der Waals surface area contributed by atoms with E-state index < -0.39 is 0 Å². The molecule has 0 spiro atoms. The quantitative estimate of drug-likeness (QED) is 0.711. The van der Waals surface area contributed by atoms with Crippen LogP contribution in [0.4, 0.5) is 16.2 Å². The number of nitrogens with zero attached hydrogens (tertiary/aromatic N) is 1. The molecule has 1 aliphatic heterocycles. The molecule has 0 bridgehead atoms. The Kier molecular flexibility index (Phi) is 4.72. The second-order valence-corrected chi connectivity index (χ2v) is 9.65. The lowest BCUT2D eigenvalue weighted by molar-refractivity contribution is 0.262. The standard InChI is InChI=1S/C21H23N3OS/c1-20(2)13-21(3,4)26-18-10-9-16(11-17(18)20)24-19(25)23-15-7-5-14(12-22)6-8-15/h5-11H,13H2,1-4H3,(H2,23,24,25). The Morgan fingerprint density at radius 3 is 2.31 bits per heavy atom. The number of benzene rings is 2. The number of thioether (sulfide) groups is 1. The molecule has 2 aromatic rings. The molecule has 134 valence electrons. The Labute approximate surface area is 159 Å². The van der Waals surface area contributed by atoms with Gasteiger partial charge >= 0.3 is 6.03 Å². The van der Waals surface area contributed by atoms with E-state index in [9.17, 15) is 4.79 Å². The molecule has 0 unspecified atom stereocenters. The second kappa shape index (κ2) is 6.69. The maximum absolute atomic E-state index is 12.3. The maximum atomic E-state index is 12.3. The highest BCUT2D eigenvalue weighted by molar-refractivity contribution is 8.00. The monoisotopic (exact) mass is 365 g/mol. The number of nitriles is 1. The second-order valence-electron chi connectivity index (χ2n) is 7.90. The summed E-state index contributed by atoms with van der Waals surface area (Å²) in [6.07, 6.45) is 1.08. The fraction of sp³-hybridized carbons (Fsp3) is 0.333. The van der Waals surface area contributed by atoms with Gasteiger partial charge in [0.25, 0.3) is 0 Å². The van der Waals surface area contributed by atoms with Crippen LogP contribution in [-0.4, -0.2) is 10.8 Å². The molecule has 0 aliphatic carbocycles. The first kappa shape index (κ1) is 18.3. The molecular formula is C21H23N3OS. The average molecular weight is 366 g/mol. The first-order valence-electron chi connectivity index (χ1n) is 8.60. The Balaban J connectivity index is 1.74. The van der Waals surface area contributed by atoms with Gasteiger partial charge in [-0.2, -0.15) is 5.26 Å². The number of anilines is 2. The van der Waals surface area contributed by atoms with Gasteiger partial charge in [-0.1, -0.05) is 27.7 Å². The van der Waals surface area contributed by atoms with Gasteiger partial charge in [-0.15, -0.1) is 11.8 Å². The molecule has 1 heterocycles. The zero-order chi connectivity index (χ0) is 18.9. The zero-order valence-corrected chi connectivity index (χ0v) is 16.3. The maximum Gasteiger partial charge on any atom is 0.323 e. The molecule has 4 nitrogen and oxygen atoms in total. The van der Waals surface area contributed by atoms with Gasteiger partial charge in [0.1, 0.15) is 0 Å². The zero-order valence-electron chi connectivity index (χ0n) is 15.5. The summed E-state index contributed by atoms with van der Waals surface area (Å²) in [7, 11) is 0.